The molecule has 3 heteroatoms. The van der Waals surface area contributed by atoms with E-state index in [1.807, 2.05) is 55.5 Å². The van der Waals surface area contributed by atoms with Crippen LogP contribution in [0.4, 0.5) is 0 Å². The van der Waals surface area contributed by atoms with E-state index in [0.717, 1.165) is 33.4 Å². The summed E-state index contributed by atoms with van der Waals surface area (Å²) < 4.78 is 27.6. The molecule has 0 N–H and O–H groups in total. The molecular weight excluding hydrogens is 388 g/mol. The van der Waals surface area contributed by atoms with Gasteiger partial charge in [0.25, 0.3) is 0 Å². The minimum Gasteiger partial charge on any atom is -0.223 e. The first-order valence-corrected chi connectivity index (χ1v) is 11.7. The molecule has 4 aromatic rings. The molecule has 4 aromatic carbocycles. The summed E-state index contributed by atoms with van der Waals surface area (Å²) in [6.45, 7) is 2.05. The summed E-state index contributed by atoms with van der Waals surface area (Å²) >= 11 is 0. The highest BCUT2D eigenvalue weighted by molar-refractivity contribution is 7.91. The zero-order valence-corrected chi connectivity index (χ0v) is 17.5. The van der Waals surface area contributed by atoms with Crippen molar-refractivity contribution >= 4 is 9.84 Å². The third-order valence-electron chi connectivity index (χ3n) is 6.06. The van der Waals surface area contributed by atoms with E-state index < -0.39 is 15.1 Å². The first kappa shape index (κ1) is 18.8. The monoisotopic (exact) mass is 410 g/mol. The van der Waals surface area contributed by atoms with Crippen molar-refractivity contribution in [2.45, 2.75) is 23.0 Å². The molecule has 30 heavy (non-hydrogen) atoms. The Labute approximate surface area is 177 Å². The van der Waals surface area contributed by atoms with Crippen LogP contribution in [0, 0.1) is 0 Å². The largest absolute Gasteiger partial charge is 0.223 e. The number of hydrogen-bond acceptors (Lipinski definition) is 2. The van der Waals surface area contributed by atoms with Gasteiger partial charge >= 0.3 is 0 Å². The molecule has 5 rings (SSSR count). The second-order valence-corrected chi connectivity index (χ2v) is 9.86. The van der Waals surface area contributed by atoms with E-state index in [4.69, 9.17) is 0 Å². The SMILES string of the molecule is C[C@H]1c2c(-c3ccccc3)cccc2-c2ccccc2[C@@H]1S(=O)(=O)c1ccccc1. The first-order chi connectivity index (χ1) is 14.6. The number of benzene rings is 4. The maximum absolute atomic E-state index is 13.8. The van der Waals surface area contributed by atoms with E-state index in [0.29, 0.717) is 4.90 Å². The van der Waals surface area contributed by atoms with Gasteiger partial charge in [0, 0.05) is 5.92 Å². The topological polar surface area (TPSA) is 34.1 Å². The van der Waals surface area contributed by atoms with Crippen molar-refractivity contribution < 1.29 is 8.42 Å². The lowest BCUT2D eigenvalue weighted by Gasteiger charge is -2.34. The van der Waals surface area contributed by atoms with Crippen LogP contribution in [0.1, 0.15) is 29.2 Å². The summed E-state index contributed by atoms with van der Waals surface area (Å²) in [4.78, 5) is 0.372. The van der Waals surface area contributed by atoms with Crippen molar-refractivity contribution in [1.82, 2.24) is 0 Å². The Morgan fingerprint density at radius 2 is 1.17 bits per heavy atom. The second-order valence-electron chi connectivity index (χ2n) is 7.79. The molecule has 148 valence electrons. The lowest BCUT2D eigenvalue weighted by molar-refractivity contribution is 0.565. The van der Waals surface area contributed by atoms with Crippen LogP contribution in [0.3, 0.4) is 0 Å². The number of sulfone groups is 1. The second kappa shape index (κ2) is 7.26. The Bertz CT molecular complexity index is 1300. The van der Waals surface area contributed by atoms with Crippen LogP contribution in [0.15, 0.2) is 108 Å². The van der Waals surface area contributed by atoms with E-state index in [9.17, 15) is 8.42 Å². The van der Waals surface area contributed by atoms with Crippen LogP contribution < -0.4 is 0 Å². The molecule has 0 heterocycles. The van der Waals surface area contributed by atoms with Gasteiger partial charge in [0.1, 0.15) is 0 Å². The number of fused-ring (bicyclic) bond motifs is 3. The molecule has 0 spiro atoms. The van der Waals surface area contributed by atoms with Crippen molar-refractivity contribution in [3.05, 3.63) is 114 Å². The summed E-state index contributed by atoms with van der Waals surface area (Å²) in [6.07, 6.45) is 0. The molecule has 0 amide bonds. The van der Waals surface area contributed by atoms with E-state index in [2.05, 4.69) is 30.3 Å². The Hall–Kier alpha value is -3.17. The van der Waals surface area contributed by atoms with Crippen molar-refractivity contribution in [2.75, 3.05) is 0 Å². The molecule has 0 aromatic heterocycles. The average Bonchev–Trinajstić information content (AvgIpc) is 2.80. The Balaban J connectivity index is 1.79. The van der Waals surface area contributed by atoms with Gasteiger partial charge in [-0.15, -0.1) is 0 Å². The van der Waals surface area contributed by atoms with Crippen molar-refractivity contribution in [3.8, 4) is 22.3 Å². The van der Waals surface area contributed by atoms with Gasteiger partial charge in [-0.25, -0.2) is 8.42 Å². The fourth-order valence-corrected chi connectivity index (χ4v) is 6.81. The molecule has 2 atom stereocenters. The highest BCUT2D eigenvalue weighted by Gasteiger charge is 2.41. The normalized spacial score (nSPS) is 17.8. The molecule has 0 saturated heterocycles. The maximum Gasteiger partial charge on any atom is 0.185 e. The molecule has 0 aliphatic heterocycles. The van der Waals surface area contributed by atoms with E-state index >= 15 is 0 Å². The lowest BCUT2D eigenvalue weighted by Crippen LogP contribution is -2.24. The molecule has 1 aliphatic carbocycles. The van der Waals surface area contributed by atoms with Gasteiger partial charge in [-0.05, 0) is 45.5 Å². The van der Waals surface area contributed by atoms with E-state index in [1.165, 1.54) is 0 Å². The number of rotatable bonds is 3. The molecular formula is C27H22O2S. The minimum atomic E-state index is -3.57. The van der Waals surface area contributed by atoms with Crippen LogP contribution >= 0.6 is 0 Å². The van der Waals surface area contributed by atoms with E-state index in [1.54, 1.807) is 24.3 Å². The third-order valence-corrected chi connectivity index (χ3v) is 8.32. The predicted molar refractivity (Wildman–Crippen MR) is 122 cm³/mol. The summed E-state index contributed by atoms with van der Waals surface area (Å²) in [5.74, 6) is -0.184. The fourth-order valence-electron chi connectivity index (χ4n) is 4.76. The van der Waals surface area contributed by atoms with Crippen LogP contribution in [0.25, 0.3) is 22.3 Å². The lowest BCUT2D eigenvalue weighted by atomic mass is 9.76. The van der Waals surface area contributed by atoms with E-state index in [-0.39, 0.29) is 5.92 Å². The molecule has 0 radical (unpaired) electrons. The molecule has 0 saturated carbocycles. The van der Waals surface area contributed by atoms with Crippen molar-refractivity contribution in [1.29, 1.82) is 0 Å². The van der Waals surface area contributed by atoms with Gasteiger partial charge in [-0.3, -0.25) is 0 Å². The van der Waals surface area contributed by atoms with Crippen molar-refractivity contribution in [3.63, 3.8) is 0 Å². The molecule has 0 fully saturated rings. The maximum atomic E-state index is 13.8. The quantitative estimate of drug-likeness (QED) is 0.379. The summed E-state index contributed by atoms with van der Waals surface area (Å²) in [6, 6.07) is 33.3. The van der Waals surface area contributed by atoms with Gasteiger partial charge in [-0.1, -0.05) is 97.9 Å². The molecule has 2 nitrogen and oxygen atoms in total. The van der Waals surface area contributed by atoms with Gasteiger partial charge in [0.2, 0.25) is 0 Å². The molecule has 1 aliphatic rings. The predicted octanol–water partition coefficient (Wildman–Crippen LogP) is 6.65. The van der Waals surface area contributed by atoms with Crippen LogP contribution in [0.2, 0.25) is 0 Å². The first-order valence-electron chi connectivity index (χ1n) is 10.2. The zero-order valence-electron chi connectivity index (χ0n) is 16.7. The van der Waals surface area contributed by atoms with Gasteiger partial charge in [-0.2, -0.15) is 0 Å². The molecule has 0 unspecified atom stereocenters. The average molecular weight is 411 g/mol. The van der Waals surface area contributed by atoms with Crippen LogP contribution in [-0.4, -0.2) is 8.42 Å². The standard InChI is InChI=1S/C27H22O2S/c1-19-26-22(20-11-4-2-5-12-20)17-10-18-24(26)23-15-8-9-16-25(23)27(19)30(28,29)21-13-6-3-7-14-21/h2-19,27H,1H3/t19-,27+/m0/s1. The fraction of sp³-hybridized carbons (Fsp3) is 0.111. The summed E-state index contributed by atoms with van der Waals surface area (Å²) in [5, 5.41) is -0.631. The molecule has 0 bridgehead atoms. The minimum absolute atomic E-state index is 0.184. The van der Waals surface area contributed by atoms with Crippen molar-refractivity contribution in [2.24, 2.45) is 0 Å². The Morgan fingerprint density at radius 3 is 1.90 bits per heavy atom. The number of hydrogen-bond donors (Lipinski definition) is 0. The van der Waals surface area contributed by atoms with Gasteiger partial charge in [0.05, 0.1) is 10.1 Å². The van der Waals surface area contributed by atoms with Crippen LogP contribution in [-0.2, 0) is 9.84 Å². The summed E-state index contributed by atoms with van der Waals surface area (Å²) in [5.41, 5.74) is 6.32. The van der Waals surface area contributed by atoms with Gasteiger partial charge in [0.15, 0.2) is 9.84 Å². The smallest absolute Gasteiger partial charge is 0.185 e. The highest BCUT2D eigenvalue weighted by Crippen LogP contribution is 2.53. The Kier molecular flexibility index (Phi) is 4.56. The van der Waals surface area contributed by atoms with Crippen LogP contribution in [0.5, 0.6) is 0 Å². The zero-order chi connectivity index (χ0) is 20.7. The third kappa shape index (κ3) is 2.89. The summed E-state index contributed by atoms with van der Waals surface area (Å²) in [7, 11) is -3.57. The highest BCUT2D eigenvalue weighted by atomic mass is 32.2. The Morgan fingerprint density at radius 1 is 0.600 bits per heavy atom. The van der Waals surface area contributed by atoms with Gasteiger partial charge < -0.3 is 0 Å².